The van der Waals surface area contributed by atoms with Gasteiger partial charge in [0.1, 0.15) is 0 Å². The zero-order valence-corrected chi connectivity index (χ0v) is 18.4. The van der Waals surface area contributed by atoms with Crippen LogP contribution in [0.4, 0.5) is 0 Å². The minimum absolute atomic E-state index is 0.0113. The molecule has 3 heteroatoms. The van der Waals surface area contributed by atoms with Crippen molar-refractivity contribution >= 4 is 5.97 Å². The van der Waals surface area contributed by atoms with Gasteiger partial charge in [-0.25, -0.2) is 0 Å². The maximum absolute atomic E-state index is 11.6. The molecule has 1 spiro atoms. The maximum Gasteiger partial charge on any atom is 0.305 e. The Labute approximate surface area is 171 Å². The van der Waals surface area contributed by atoms with Crippen LogP contribution < -0.4 is 0 Å². The number of hydrogen-bond donors (Lipinski definition) is 0. The molecule has 8 atom stereocenters. The van der Waals surface area contributed by atoms with Gasteiger partial charge >= 0.3 is 5.97 Å². The van der Waals surface area contributed by atoms with Gasteiger partial charge in [-0.3, -0.25) is 4.79 Å². The minimum Gasteiger partial charge on any atom is -0.469 e. The predicted molar refractivity (Wildman–Crippen MR) is 112 cm³/mol. The fraction of sp³-hybridized carbons (Fsp3) is 0.880. The summed E-state index contributed by atoms with van der Waals surface area (Å²) < 4.78 is 11.8. The minimum atomic E-state index is -0.0691. The molecule has 2 saturated heterocycles. The summed E-state index contributed by atoms with van der Waals surface area (Å²) in [6, 6.07) is 0. The second kappa shape index (κ2) is 7.78. The van der Waals surface area contributed by atoms with Crippen LogP contribution in [0.1, 0.15) is 85.0 Å². The molecule has 4 rings (SSSR count). The summed E-state index contributed by atoms with van der Waals surface area (Å²) in [6.07, 6.45) is 17.4. The number of carbonyl (C=O) groups excluding carboxylic acids is 1. The number of allylic oxidation sites excluding steroid dienone is 1. The molecular formula is C25H40O3. The highest BCUT2D eigenvalue weighted by atomic mass is 16.5. The standard InChI is InChI=1S/C25H40O3/c1-17-7-9-22-21-11-10-20(18(2)8-12-23(26)27-4)24(21,3)14-15-25(22)13-5-6-19(16-17)28-25/h14-15,17-22H,5-13,16H2,1-4H3/t17-,18+,19+,20+,21-,22-,24-,25+/m0/s1. The van der Waals surface area contributed by atoms with Gasteiger partial charge in [0.05, 0.1) is 18.8 Å². The van der Waals surface area contributed by atoms with Crippen LogP contribution in [0.25, 0.3) is 0 Å². The Morgan fingerprint density at radius 1 is 1.18 bits per heavy atom. The van der Waals surface area contributed by atoms with Gasteiger partial charge in [-0.05, 0) is 86.4 Å². The Kier molecular flexibility index (Phi) is 5.68. The zero-order chi connectivity index (χ0) is 19.9. The van der Waals surface area contributed by atoms with Crippen LogP contribution >= 0.6 is 0 Å². The normalized spacial score (nSPS) is 46.1. The van der Waals surface area contributed by atoms with Gasteiger partial charge in [-0.2, -0.15) is 0 Å². The van der Waals surface area contributed by atoms with Gasteiger partial charge in [0.25, 0.3) is 0 Å². The lowest BCUT2D eigenvalue weighted by Gasteiger charge is -2.55. The van der Waals surface area contributed by atoms with E-state index in [1.807, 2.05) is 0 Å². The van der Waals surface area contributed by atoms with Crippen molar-refractivity contribution in [1.29, 1.82) is 0 Å². The van der Waals surface area contributed by atoms with Crippen LogP contribution in [0.15, 0.2) is 12.2 Å². The summed E-state index contributed by atoms with van der Waals surface area (Å²) in [5.74, 6) is 3.34. The summed E-state index contributed by atoms with van der Waals surface area (Å²) >= 11 is 0. The quantitative estimate of drug-likeness (QED) is 0.443. The molecule has 2 heterocycles. The molecule has 0 aromatic heterocycles. The van der Waals surface area contributed by atoms with Crippen molar-refractivity contribution in [3.05, 3.63) is 12.2 Å². The number of ether oxygens (including phenoxy) is 2. The van der Waals surface area contributed by atoms with E-state index in [1.165, 1.54) is 58.5 Å². The highest BCUT2D eigenvalue weighted by molar-refractivity contribution is 5.69. The molecule has 28 heavy (non-hydrogen) atoms. The molecule has 158 valence electrons. The van der Waals surface area contributed by atoms with E-state index < -0.39 is 0 Å². The number of rotatable bonds is 4. The smallest absolute Gasteiger partial charge is 0.305 e. The number of hydrogen-bond acceptors (Lipinski definition) is 3. The van der Waals surface area contributed by atoms with E-state index in [4.69, 9.17) is 9.47 Å². The third kappa shape index (κ3) is 3.46. The molecule has 0 aromatic rings. The number of esters is 1. The monoisotopic (exact) mass is 388 g/mol. The molecule has 3 nitrogen and oxygen atoms in total. The van der Waals surface area contributed by atoms with Crippen molar-refractivity contribution < 1.29 is 14.3 Å². The summed E-state index contributed by atoms with van der Waals surface area (Å²) in [4.78, 5) is 11.6. The summed E-state index contributed by atoms with van der Waals surface area (Å²) in [6.45, 7) is 7.29. The van der Waals surface area contributed by atoms with Crippen LogP contribution in [0.3, 0.4) is 0 Å². The van der Waals surface area contributed by atoms with Gasteiger partial charge in [-0.15, -0.1) is 0 Å². The Bertz CT molecular complexity index is 613. The average Bonchev–Trinajstić information content (AvgIpc) is 3.02. The van der Waals surface area contributed by atoms with Crippen molar-refractivity contribution in [2.24, 2.45) is 35.0 Å². The van der Waals surface area contributed by atoms with E-state index in [-0.39, 0.29) is 17.0 Å². The predicted octanol–water partition coefficient (Wildman–Crippen LogP) is 5.92. The highest BCUT2D eigenvalue weighted by Crippen LogP contribution is 2.62. The average molecular weight is 389 g/mol. The Hall–Kier alpha value is -0.830. The topological polar surface area (TPSA) is 35.5 Å². The Morgan fingerprint density at radius 2 is 1.96 bits per heavy atom. The fourth-order valence-electron chi connectivity index (χ4n) is 7.54. The maximum atomic E-state index is 11.6. The van der Waals surface area contributed by atoms with E-state index in [9.17, 15) is 4.79 Å². The van der Waals surface area contributed by atoms with E-state index in [0.29, 0.717) is 30.3 Å². The number of fused-ring (bicyclic) bond motifs is 3. The van der Waals surface area contributed by atoms with Crippen LogP contribution in [0.5, 0.6) is 0 Å². The zero-order valence-electron chi connectivity index (χ0n) is 18.4. The van der Waals surface area contributed by atoms with E-state index in [2.05, 4.69) is 32.9 Å². The number of methoxy groups -OCH3 is 1. The molecule has 0 amide bonds. The van der Waals surface area contributed by atoms with Crippen molar-refractivity contribution in [2.75, 3.05) is 7.11 Å². The second-order valence-electron chi connectivity index (χ2n) is 10.7. The molecule has 2 aliphatic heterocycles. The lowest BCUT2D eigenvalue weighted by molar-refractivity contribution is -0.170. The SMILES string of the molecule is COC(=O)CC[C@@H](C)[C@H]1CC[C@H]2[C@@H]3CC[C@H](C)C[C@H]4CCC[C@]3(C=C[C@@]12C)O4. The summed E-state index contributed by atoms with van der Waals surface area (Å²) in [5.41, 5.74) is 0.265. The van der Waals surface area contributed by atoms with Gasteiger partial charge in [0.15, 0.2) is 0 Å². The first-order valence-corrected chi connectivity index (χ1v) is 11.8. The third-order valence-electron chi connectivity index (χ3n) is 9.06. The molecule has 2 bridgehead atoms. The largest absolute Gasteiger partial charge is 0.469 e. The Balaban J connectivity index is 1.57. The van der Waals surface area contributed by atoms with E-state index >= 15 is 0 Å². The van der Waals surface area contributed by atoms with Crippen LogP contribution in [0, 0.1) is 35.0 Å². The van der Waals surface area contributed by atoms with Crippen LogP contribution in [-0.4, -0.2) is 24.8 Å². The van der Waals surface area contributed by atoms with Crippen LogP contribution in [-0.2, 0) is 14.3 Å². The molecule has 0 unspecified atom stereocenters. The molecular weight excluding hydrogens is 348 g/mol. The molecule has 2 aliphatic carbocycles. The molecule has 0 radical (unpaired) electrons. The molecule has 3 fully saturated rings. The fourth-order valence-corrected chi connectivity index (χ4v) is 7.54. The van der Waals surface area contributed by atoms with E-state index in [1.54, 1.807) is 0 Å². The van der Waals surface area contributed by atoms with Crippen molar-refractivity contribution in [1.82, 2.24) is 0 Å². The first kappa shape index (κ1) is 20.4. The lowest BCUT2D eigenvalue weighted by Crippen LogP contribution is -2.54. The van der Waals surface area contributed by atoms with Crippen LogP contribution in [0.2, 0.25) is 0 Å². The van der Waals surface area contributed by atoms with E-state index in [0.717, 1.165) is 18.3 Å². The van der Waals surface area contributed by atoms with Crippen molar-refractivity contribution in [3.8, 4) is 0 Å². The molecule has 1 saturated carbocycles. The molecule has 4 aliphatic rings. The van der Waals surface area contributed by atoms with Crippen molar-refractivity contribution in [2.45, 2.75) is 96.7 Å². The lowest BCUT2D eigenvalue weighted by atomic mass is 9.56. The van der Waals surface area contributed by atoms with Gasteiger partial charge in [0, 0.05) is 6.42 Å². The second-order valence-corrected chi connectivity index (χ2v) is 10.7. The molecule has 0 N–H and O–H groups in total. The van der Waals surface area contributed by atoms with Crippen molar-refractivity contribution in [3.63, 3.8) is 0 Å². The Morgan fingerprint density at radius 3 is 2.75 bits per heavy atom. The van der Waals surface area contributed by atoms with Gasteiger partial charge < -0.3 is 9.47 Å². The molecule has 0 aromatic carbocycles. The van der Waals surface area contributed by atoms with Gasteiger partial charge in [0.2, 0.25) is 0 Å². The third-order valence-corrected chi connectivity index (χ3v) is 9.06. The summed E-state index contributed by atoms with van der Waals surface area (Å²) in [5, 5.41) is 0. The highest BCUT2D eigenvalue weighted by Gasteiger charge is 2.58. The first-order chi connectivity index (χ1) is 13.4. The first-order valence-electron chi connectivity index (χ1n) is 11.8. The number of carbonyl (C=O) groups is 1. The van der Waals surface area contributed by atoms with Gasteiger partial charge in [-0.1, -0.05) is 39.3 Å². The summed E-state index contributed by atoms with van der Waals surface area (Å²) in [7, 11) is 1.50.